The number of rotatable bonds is 1. The maximum absolute atomic E-state index is 5.06. The largest absolute Gasteiger partial charge is 0.364 e. The van der Waals surface area contributed by atoms with Crippen molar-refractivity contribution in [3.63, 3.8) is 0 Å². The first-order valence-corrected chi connectivity index (χ1v) is 6.72. The maximum Gasteiger partial charge on any atom is 0.186 e. The molecule has 0 spiro atoms. The predicted molar refractivity (Wildman–Crippen MR) is 69.3 cm³/mol. The molecule has 2 N–H and O–H groups in total. The summed E-state index contributed by atoms with van der Waals surface area (Å²) in [6.45, 7) is 0. The number of thiocarbonyl (C=S) groups is 1. The highest BCUT2D eigenvalue weighted by atomic mass is 32.1. The molecule has 3 nitrogen and oxygen atoms in total. The third-order valence-corrected chi connectivity index (χ3v) is 4.78. The Morgan fingerprint density at radius 2 is 1.69 bits per heavy atom. The second-order valence-corrected chi connectivity index (χ2v) is 5.94. The van der Waals surface area contributed by atoms with Gasteiger partial charge in [-0.3, -0.25) is 5.43 Å². The van der Waals surface area contributed by atoms with E-state index >= 15 is 0 Å². The molecule has 88 valence electrons. The molecule has 4 rings (SSSR count). The van der Waals surface area contributed by atoms with Crippen molar-refractivity contribution in [1.82, 2.24) is 10.7 Å². The van der Waals surface area contributed by atoms with Crippen molar-refractivity contribution in [3.05, 3.63) is 0 Å². The zero-order chi connectivity index (χ0) is 11.1. The van der Waals surface area contributed by atoms with Crippen molar-refractivity contribution in [2.75, 3.05) is 7.05 Å². The summed E-state index contributed by atoms with van der Waals surface area (Å²) in [4.78, 5) is 0. The molecule has 4 aliphatic carbocycles. The second kappa shape index (κ2) is 3.99. The third kappa shape index (κ3) is 1.73. The molecule has 0 aromatic carbocycles. The Morgan fingerprint density at radius 1 is 1.12 bits per heavy atom. The fourth-order valence-electron chi connectivity index (χ4n) is 4.02. The van der Waals surface area contributed by atoms with Crippen LogP contribution >= 0.6 is 12.2 Å². The Hall–Kier alpha value is -0.640. The number of nitrogens with zero attached hydrogens (tertiary/aromatic N) is 1. The Morgan fingerprint density at radius 3 is 2.19 bits per heavy atom. The van der Waals surface area contributed by atoms with Gasteiger partial charge in [-0.15, -0.1) is 0 Å². The molecular weight excluding hydrogens is 218 g/mol. The van der Waals surface area contributed by atoms with Crippen LogP contribution in [0.3, 0.4) is 0 Å². The van der Waals surface area contributed by atoms with Gasteiger partial charge in [-0.25, -0.2) is 0 Å². The first-order valence-electron chi connectivity index (χ1n) is 6.31. The normalized spacial score (nSPS) is 39.7. The van der Waals surface area contributed by atoms with Crippen LogP contribution in [-0.4, -0.2) is 17.9 Å². The molecule has 16 heavy (non-hydrogen) atoms. The van der Waals surface area contributed by atoms with Crippen molar-refractivity contribution in [2.24, 2.45) is 28.8 Å². The van der Waals surface area contributed by atoms with E-state index in [2.05, 4.69) is 15.8 Å². The second-order valence-electron chi connectivity index (χ2n) is 5.53. The first kappa shape index (κ1) is 10.5. The lowest BCUT2D eigenvalue weighted by molar-refractivity contribution is 0.108. The van der Waals surface area contributed by atoms with Gasteiger partial charge in [0.25, 0.3) is 0 Å². The van der Waals surface area contributed by atoms with Crippen LogP contribution in [0.4, 0.5) is 0 Å². The molecule has 4 bridgehead atoms. The Balaban J connectivity index is 1.74. The third-order valence-electron chi connectivity index (χ3n) is 4.49. The van der Waals surface area contributed by atoms with Gasteiger partial charge in [0.1, 0.15) is 0 Å². The molecule has 0 amide bonds. The van der Waals surface area contributed by atoms with Gasteiger partial charge in [-0.2, -0.15) is 5.10 Å². The quantitative estimate of drug-likeness (QED) is 0.540. The maximum atomic E-state index is 5.06. The van der Waals surface area contributed by atoms with E-state index in [0.717, 1.165) is 23.7 Å². The molecule has 4 heteroatoms. The fraction of sp³-hybridized carbons (Fsp3) is 0.833. The van der Waals surface area contributed by atoms with Gasteiger partial charge >= 0.3 is 0 Å². The van der Waals surface area contributed by atoms with Gasteiger partial charge < -0.3 is 5.32 Å². The molecule has 0 aliphatic heterocycles. The van der Waals surface area contributed by atoms with E-state index in [0.29, 0.717) is 5.11 Å². The van der Waals surface area contributed by atoms with Crippen LogP contribution in [0.25, 0.3) is 0 Å². The first-order chi connectivity index (χ1) is 7.76. The van der Waals surface area contributed by atoms with Crippen LogP contribution in [-0.2, 0) is 0 Å². The monoisotopic (exact) mass is 237 g/mol. The molecule has 4 aliphatic rings. The molecule has 0 unspecified atom stereocenters. The lowest BCUT2D eigenvalue weighted by Crippen LogP contribution is -2.46. The molecule has 0 aromatic heterocycles. The Kier molecular flexibility index (Phi) is 2.62. The summed E-state index contributed by atoms with van der Waals surface area (Å²) in [5.41, 5.74) is 4.38. The van der Waals surface area contributed by atoms with Gasteiger partial charge in [0.2, 0.25) is 0 Å². The number of hydrogen-bond acceptors (Lipinski definition) is 2. The average Bonchev–Trinajstić information content (AvgIpc) is 2.26. The van der Waals surface area contributed by atoms with Crippen molar-refractivity contribution in [3.8, 4) is 0 Å². The number of nitrogens with one attached hydrogen (secondary N) is 2. The van der Waals surface area contributed by atoms with Gasteiger partial charge in [0, 0.05) is 12.8 Å². The lowest BCUT2D eigenvalue weighted by Gasteiger charge is -2.50. The van der Waals surface area contributed by atoms with Crippen molar-refractivity contribution < 1.29 is 0 Å². The summed E-state index contributed by atoms with van der Waals surface area (Å²) in [5.74, 6) is 3.50. The van der Waals surface area contributed by atoms with E-state index in [1.165, 1.54) is 37.8 Å². The molecule has 0 heterocycles. The van der Waals surface area contributed by atoms with Gasteiger partial charge in [-0.1, -0.05) is 0 Å². The van der Waals surface area contributed by atoms with E-state index < -0.39 is 0 Å². The standard InChI is InChI=1S/C12H19N3S/c1-13-12(16)15-14-11-9-3-7-2-8(5-9)6-10(11)4-7/h7-10H,2-6H2,1H3,(H2,13,15,16). The van der Waals surface area contributed by atoms with Gasteiger partial charge in [-0.05, 0) is 68.0 Å². The lowest BCUT2D eigenvalue weighted by atomic mass is 9.55. The predicted octanol–water partition coefficient (Wildman–Crippen LogP) is 1.89. The zero-order valence-electron chi connectivity index (χ0n) is 9.70. The SMILES string of the molecule is CNC(=S)NN=C1C2CC3CC(C2)CC1C3. The van der Waals surface area contributed by atoms with E-state index in [4.69, 9.17) is 12.2 Å². The van der Waals surface area contributed by atoms with Gasteiger partial charge in [0.05, 0.1) is 0 Å². The van der Waals surface area contributed by atoms with E-state index in [9.17, 15) is 0 Å². The van der Waals surface area contributed by atoms with Crippen LogP contribution in [0.15, 0.2) is 5.10 Å². The van der Waals surface area contributed by atoms with Crippen LogP contribution in [0.5, 0.6) is 0 Å². The molecule has 0 saturated heterocycles. The molecule has 4 fully saturated rings. The van der Waals surface area contributed by atoms with E-state index in [1.54, 1.807) is 0 Å². The molecule has 4 saturated carbocycles. The van der Waals surface area contributed by atoms with Crippen molar-refractivity contribution in [1.29, 1.82) is 0 Å². The molecule has 0 radical (unpaired) electrons. The van der Waals surface area contributed by atoms with Crippen LogP contribution in [0.1, 0.15) is 32.1 Å². The van der Waals surface area contributed by atoms with Crippen molar-refractivity contribution in [2.45, 2.75) is 32.1 Å². The van der Waals surface area contributed by atoms with E-state index in [-0.39, 0.29) is 0 Å². The highest BCUT2D eigenvalue weighted by Gasteiger charge is 2.46. The fourth-order valence-corrected chi connectivity index (χ4v) is 4.07. The summed E-state index contributed by atoms with van der Waals surface area (Å²) in [6, 6.07) is 0. The van der Waals surface area contributed by atoms with Crippen LogP contribution in [0.2, 0.25) is 0 Å². The zero-order valence-corrected chi connectivity index (χ0v) is 10.5. The average molecular weight is 237 g/mol. The van der Waals surface area contributed by atoms with Crippen LogP contribution in [0, 0.1) is 23.7 Å². The summed E-state index contributed by atoms with van der Waals surface area (Å²) >= 11 is 5.06. The van der Waals surface area contributed by atoms with Crippen molar-refractivity contribution >= 4 is 23.0 Å². The van der Waals surface area contributed by atoms with Gasteiger partial charge in [0.15, 0.2) is 5.11 Å². The summed E-state index contributed by atoms with van der Waals surface area (Å²) in [7, 11) is 1.83. The smallest absolute Gasteiger partial charge is 0.186 e. The minimum Gasteiger partial charge on any atom is -0.364 e. The number of hydrazone groups is 1. The number of hydrogen-bond donors (Lipinski definition) is 2. The summed E-state index contributed by atoms with van der Waals surface area (Å²) < 4.78 is 0. The highest BCUT2D eigenvalue weighted by Crippen LogP contribution is 2.52. The van der Waals surface area contributed by atoms with Crippen LogP contribution < -0.4 is 10.7 Å². The minimum atomic E-state index is 0.626. The minimum absolute atomic E-state index is 0.626. The topological polar surface area (TPSA) is 36.4 Å². The Labute approximate surface area is 102 Å². The summed E-state index contributed by atoms with van der Waals surface area (Å²) in [5, 5.41) is 8.08. The molecular formula is C12H19N3S. The highest BCUT2D eigenvalue weighted by molar-refractivity contribution is 7.80. The molecule has 0 aromatic rings. The summed E-state index contributed by atoms with van der Waals surface area (Å²) in [6.07, 6.45) is 6.99. The Bertz CT molecular complexity index is 307. The molecule has 0 atom stereocenters. The van der Waals surface area contributed by atoms with E-state index in [1.807, 2.05) is 7.05 Å².